The fourth-order valence-electron chi connectivity index (χ4n) is 4.22. The molecule has 0 bridgehead atoms. The molecule has 0 radical (unpaired) electrons. The molecule has 0 aromatic carbocycles. The van der Waals surface area contributed by atoms with Crippen LogP contribution in [0.1, 0.15) is 49.5 Å². The van der Waals surface area contributed by atoms with Crippen molar-refractivity contribution in [1.82, 2.24) is 15.1 Å². The Labute approximate surface area is 131 Å². The zero-order valence-electron chi connectivity index (χ0n) is 13.1. The van der Waals surface area contributed by atoms with Gasteiger partial charge in [0.05, 0.1) is 12.3 Å². The van der Waals surface area contributed by atoms with Crippen molar-refractivity contribution in [2.75, 3.05) is 26.2 Å². The van der Waals surface area contributed by atoms with Crippen LogP contribution >= 0.6 is 0 Å². The van der Waals surface area contributed by atoms with Crippen molar-refractivity contribution in [3.8, 4) is 0 Å². The third-order valence-electron chi connectivity index (χ3n) is 5.47. The van der Waals surface area contributed by atoms with E-state index in [-0.39, 0.29) is 12.1 Å². The zero-order chi connectivity index (χ0) is 14.9. The predicted molar refractivity (Wildman–Crippen MR) is 83.7 cm³/mol. The van der Waals surface area contributed by atoms with E-state index in [9.17, 15) is 4.79 Å². The average molecular weight is 303 g/mol. The molecule has 4 rings (SSSR count). The lowest BCUT2D eigenvalue weighted by Gasteiger charge is -2.44. The Kier molecular flexibility index (Phi) is 3.82. The fourth-order valence-corrected chi connectivity index (χ4v) is 4.22. The number of nitrogens with one attached hydrogen (secondary N) is 1. The summed E-state index contributed by atoms with van der Waals surface area (Å²) in [6.45, 7) is 3.98. The molecule has 120 valence electrons. The van der Waals surface area contributed by atoms with Crippen LogP contribution in [0.15, 0.2) is 16.7 Å². The zero-order valence-corrected chi connectivity index (χ0v) is 13.1. The highest BCUT2D eigenvalue weighted by Gasteiger charge is 2.32. The number of rotatable bonds is 1. The quantitative estimate of drug-likeness (QED) is 0.867. The lowest BCUT2D eigenvalue weighted by atomic mass is 9.93. The summed E-state index contributed by atoms with van der Waals surface area (Å²) >= 11 is 0. The Balaban J connectivity index is 1.39. The van der Waals surface area contributed by atoms with E-state index in [1.165, 1.54) is 31.4 Å². The maximum absolute atomic E-state index is 12.6. The van der Waals surface area contributed by atoms with Crippen molar-refractivity contribution >= 4 is 6.03 Å². The molecule has 2 aliphatic heterocycles. The summed E-state index contributed by atoms with van der Waals surface area (Å²) < 4.78 is 5.51. The molecule has 1 aromatic heterocycles. The molecular formula is C17H25N3O2. The summed E-state index contributed by atoms with van der Waals surface area (Å²) in [5.74, 6) is 1.05. The van der Waals surface area contributed by atoms with Gasteiger partial charge in [-0.3, -0.25) is 4.90 Å². The van der Waals surface area contributed by atoms with Gasteiger partial charge in [-0.2, -0.15) is 0 Å². The number of fused-ring (bicyclic) bond motifs is 2. The van der Waals surface area contributed by atoms with Crippen LogP contribution < -0.4 is 5.32 Å². The van der Waals surface area contributed by atoms with Crippen LogP contribution in [0.4, 0.5) is 4.79 Å². The van der Waals surface area contributed by atoms with E-state index < -0.39 is 0 Å². The Bertz CT molecular complexity index is 542. The number of furan rings is 1. The van der Waals surface area contributed by atoms with E-state index in [1.54, 1.807) is 6.26 Å². The Morgan fingerprint density at radius 3 is 3.09 bits per heavy atom. The van der Waals surface area contributed by atoms with Crippen LogP contribution in [0.2, 0.25) is 0 Å². The maximum atomic E-state index is 12.6. The summed E-state index contributed by atoms with van der Waals surface area (Å²) in [5, 5.41) is 3.23. The number of piperazine rings is 1. The highest BCUT2D eigenvalue weighted by molar-refractivity contribution is 5.75. The fraction of sp³-hybridized carbons (Fsp3) is 0.706. The highest BCUT2D eigenvalue weighted by atomic mass is 16.3. The second-order valence-corrected chi connectivity index (χ2v) is 6.83. The van der Waals surface area contributed by atoms with Crippen LogP contribution in [-0.2, 0) is 6.42 Å². The topological polar surface area (TPSA) is 48.7 Å². The maximum Gasteiger partial charge on any atom is 0.317 e. The van der Waals surface area contributed by atoms with Crippen molar-refractivity contribution in [2.45, 2.75) is 50.6 Å². The molecule has 1 N–H and O–H groups in total. The number of hydrogen-bond donors (Lipinski definition) is 1. The molecule has 3 heterocycles. The Morgan fingerprint density at radius 1 is 1.18 bits per heavy atom. The minimum Gasteiger partial charge on any atom is -0.469 e. The van der Waals surface area contributed by atoms with Gasteiger partial charge in [0.15, 0.2) is 0 Å². The average Bonchev–Trinajstić information content (AvgIpc) is 3.04. The first-order valence-electron chi connectivity index (χ1n) is 8.67. The molecule has 2 amide bonds. The van der Waals surface area contributed by atoms with Gasteiger partial charge in [-0.15, -0.1) is 0 Å². The van der Waals surface area contributed by atoms with Gasteiger partial charge in [0.2, 0.25) is 0 Å². The largest absolute Gasteiger partial charge is 0.469 e. The second-order valence-electron chi connectivity index (χ2n) is 6.83. The van der Waals surface area contributed by atoms with Crippen LogP contribution in [0.25, 0.3) is 0 Å². The summed E-state index contributed by atoms with van der Waals surface area (Å²) in [6, 6.07) is 2.81. The standard InChI is InChI=1S/C17H25N3O2/c21-17(18-15-5-3-6-16-14(15)7-11-22-16)20-10-9-19-8-2-1-4-13(19)12-20/h7,11,13,15H,1-6,8-10,12H2,(H,18,21)/t13-,15-/m0/s1. The van der Waals surface area contributed by atoms with Crippen LogP contribution in [0, 0.1) is 0 Å². The number of amides is 2. The Hall–Kier alpha value is -1.49. The smallest absolute Gasteiger partial charge is 0.317 e. The molecule has 1 aromatic rings. The number of hydrogen-bond acceptors (Lipinski definition) is 3. The van der Waals surface area contributed by atoms with Gasteiger partial charge in [-0.1, -0.05) is 6.42 Å². The molecule has 5 heteroatoms. The van der Waals surface area contributed by atoms with Crippen LogP contribution in [0.5, 0.6) is 0 Å². The summed E-state index contributed by atoms with van der Waals surface area (Å²) in [5.41, 5.74) is 1.18. The van der Waals surface area contributed by atoms with E-state index in [1.807, 2.05) is 11.0 Å². The van der Waals surface area contributed by atoms with Crippen LogP contribution in [-0.4, -0.2) is 48.1 Å². The van der Waals surface area contributed by atoms with Gasteiger partial charge in [0.25, 0.3) is 0 Å². The molecule has 2 atom stereocenters. The van der Waals surface area contributed by atoms with E-state index in [0.29, 0.717) is 6.04 Å². The van der Waals surface area contributed by atoms with Gasteiger partial charge in [-0.25, -0.2) is 4.79 Å². The van der Waals surface area contributed by atoms with Crippen LogP contribution in [0.3, 0.4) is 0 Å². The highest BCUT2D eigenvalue weighted by Crippen LogP contribution is 2.30. The van der Waals surface area contributed by atoms with E-state index >= 15 is 0 Å². The van der Waals surface area contributed by atoms with Gasteiger partial charge in [-0.05, 0) is 38.3 Å². The van der Waals surface area contributed by atoms with Gasteiger partial charge < -0.3 is 14.6 Å². The molecule has 22 heavy (non-hydrogen) atoms. The molecule has 3 aliphatic rings. The number of carbonyl (C=O) groups excluding carboxylic acids is 1. The van der Waals surface area contributed by atoms with Crippen molar-refractivity contribution in [2.24, 2.45) is 0 Å². The number of piperidine rings is 1. The first-order chi connectivity index (χ1) is 10.8. The van der Waals surface area contributed by atoms with E-state index in [2.05, 4.69) is 10.2 Å². The molecule has 2 fully saturated rings. The minimum atomic E-state index is 0.101. The van der Waals surface area contributed by atoms with Gasteiger partial charge in [0, 0.05) is 37.7 Å². The van der Waals surface area contributed by atoms with Crippen molar-refractivity contribution in [1.29, 1.82) is 0 Å². The van der Waals surface area contributed by atoms with Gasteiger partial charge in [0.1, 0.15) is 5.76 Å². The summed E-state index contributed by atoms with van der Waals surface area (Å²) in [4.78, 5) is 17.2. The SMILES string of the molecule is O=C(N[C@H]1CCCc2occc21)N1CCN2CCCC[C@H]2C1. The molecule has 0 spiro atoms. The number of carbonyl (C=O) groups is 1. The first-order valence-corrected chi connectivity index (χ1v) is 8.67. The van der Waals surface area contributed by atoms with Crippen molar-refractivity contribution in [3.63, 3.8) is 0 Å². The summed E-state index contributed by atoms with van der Waals surface area (Å²) in [7, 11) is 0. The lowest BCUT2D eigenvalue weighted by molar-refractivity contribution is 0.0633. The third kappa shape index (κ3) is 2.62. The molecular weight excluding hydrogens is 278 g/mol. The van der Waals surface area contributed by atoms with E-state index in [4.69, 9.17) is 4.42 Å². The second kappa shape index (κ2) is 5.95. The molecule has 1 aliphatic carbocycles. The number of urea groups is 1. The normalized spacial score (nSPS) is 28.8. The minimum absolute atomic E-state index is 0.101. The van der Waals surface area contributed by atoms with E-state index in [0.717, 1.165) is 44.7 Å². The third-order valence-corrected chi connectivity index (χ3v) is 5.47. The Morgan fingerprint density at radius 2 is 2.14 bits per heavy atom. The predicted octanol–water partition coefficient (Wildman–Crippen LogP) is 2.54. The monoisotopic (exact) mass is 303 g/mol. The van der Waals surface area contributed by atoms with Crippen molar-refractivity contribution < 1.29 is 9.21 Å². The first kappa shape index (κ1) is 14.1. The number of nitrogens with zero attached hydrogens (tertiary/aromatic N) is 2. The molecule has 0 saturated carbocycles. The van der Waals surface area contributed by atoms with Crippen molar-refractivity contribution in [3.05, 3.63) is 23.7 Å². The molecule has 0 unspecified atom stereocenters. The van der Waals surface area contributed by atoms with Gasteiger partial charge >= 0.3 is 6.03 Å². The number of aryl methyl sites for hydroxylation is 1. The summed E-state index contributed by atoms with van der Waals surface area (Å²) in [6.07, 6.45) is 8.69. The molecule has 2 saturated heterocycles. The molecule has 5 nitrogen and oxygen atoms in total. The lowest BCUT2D eigenvalue weighted by Crippen LogP contribution is -2.58.